The van der Waals surface area contributed by atoms with E-state index in [-0.39, 0.29) is 11.6 Å². The number of nitrogens with one attached hydrogen (secondary N) is 1. The molecule has 9 heteroatoms. The monoisotopic (exact) mass is 385 g/mol. The maximum atomic E-state index is 13.6. The van der Waals surface area contributed by atoms with Crippen molar-refractivity contribution in [3.05, 3.63) is 83.3 Å². The Bertz CT molecular complexity index is 1430. The number of aromatic nitrogens is 6. The molecule has 0 saturated heterocycles. The Kier molecular flexibility index (Phi) is 3.91. The van der Waals surface area contributed by atoms with Crippen LogP contribution in [-0.2, 0) is 0 Å². The van der Waals surface area contributed by atoms with Crippen LogP contribution in [0.25, 0.3) is 27.9 Å². The molecular formula is C20H12FN7O. The van der Waals surface area contributed by atoms with Gasteiger partial charge in [-0.2, -0.15) is 8.91 Å². The number of fused-ring (bicyclic) bond motifs is 3. The SMILES string of the molecule is O=c1nccccc1Nc1nc2ccccc2c2nc(-c3ccnc(F)c3)nn12. The summed E-state index contributed by atoms with van der Waals surface area (Å²) in [6.07, 6.45) is 2.77. The first-order valence-electron chi connectivity index (χ1n) is 8.69. The first kappa shape index (κ1) is 16.9. The van der Waals surface area contributed by atoms with Crippen LogP contribution in [0.3, 0.4) is 0 Å². The number of hydrogen-bond donors (Lipinski definition) is 1. The molecule has 0 amide bonds. The normalized spacial score (nSPS) is 11.1. The van der Waals surface area contributed by atoms with Crippen molar-refractivity contribution in [3.8, 4) is 11.4 Å². The van der Waals surface area contributed by atoms with Crippen molar-refractivity contribution in [1.29, 1.82) is 0 Å². The average Bonchev–Trinajstić information content (AvgIpc) is 3.09. The minimum atomic E-state index is -0.624. The van der Waals surface area contributed by atoms with Gasteiger partial charge in [0.15, 0.2) is 11.5 Å². The van der Waals surface area contributed by atoms with Crippen LogP contribution in [0.15, 0.2) is 71.8 Å². The number of rotatable bonds is 3. The maximum absolute atomic E-state index is 13.6. The van der Waals surface area contributed by atoms with Crippen LogP contribution in [-0.4, -0.2) is 29.5 Å². The van der Waals surface area contributed by atoms with E-state index in [1.807, 2.05) is 24.3 Å². The van der Waals surface area contributed by atoms with Crippen LogP contribution >= 0.6 is 0 Å². The van der Waals surface area contributed by atoms with E-state index in [2.05, 4.69) is 30.4 Å². The molecule has 0 atom stereocenters. The molecule has 4 aromatic heterocycles. The lowest BCUT2D eigenvalue weighted by atomic mass is 10.2. The van der Waals surface area contributed by atoms with Crippen molar-refractivity contribution in [2.75, 3.05) is 5.32 Å². The highest BCUT2D eigenvalue weighted by molar-refractivity contribution is 5.93. The number of para-hydroxylation sites is 1. The van der Waals surface area contributed by atoms with E-state index >= 15 is 0 Å². The molecule has 1 N–H and O–H groups in total. The first-order valence-corrected chi connectivity index (χ1v) is 8.69. The van der Waals surface area contributed by atoms with Crippen molar-refractivity contribution >= 4 is 28.2 Å². The Balaban J connectivity index is 1.76. The molecule has 140 valence electrons. The van der Waals surface area contributed by atoms with Crippen molar-refractivity contribution in [2.24, 2.45) is 0 Å². The third kappa shape index (κ3) is 3.04. The molecule has 0 saturated carbocycles. The average molecular weight is 385 g/mol. The second kappa shape index (κ2) is 6.71. The Morgan fingerprint density at radius 1 is 0.931 bits per heavy atom. The number of pyridine rings is 1. The van der Waals surface area contributed by atoms with Crippen molar-refractivity contribution in [3.63, 3.8) is 0 Å². The summed E-state index contributed by atoms with van der Waals surface area (Å²) in [6, 6.07) is 15.3. The predicted octanol–water partition coefficient (Wildman–Crippen LogP) is 2.98. The van der Waals surface area contributed by atoms with Gasteiger partial charge in [-0.05, 0) is 30.3 Å². The molecule has 0 fully saturated rings. The summed E-state index contributed by atoms with van der Waals surface area (Å²) in [5.74, 6) is -0.0229. The summed E-state index contributed by atoms with van der Waals surface area (Å²) in [5.41, 5.74) is 1.48. The molecule has 0 aliphatic rings. The highest BCUT2D eigenvalue weighted by Gasteiger charge is 2.15. The largest absolute Gasteiger partial charge is 0.319 e. The predicted molar refractivity (Wildman–Crippen MR) is 105 cm³/mol. The lowest BCUT2D eigenvalue weighted by Crippen LogP contribution is -2.11. The van der Waals surface area contributed by atoms with E-state index in [0.717, 1.165) is 5.39 Å². The fraction of sp³-hybridized carbons (Fsp3) is 0. The zero-order valence-electron chi connectivity index (χ0n) is 14.8. The molecule has 0 radical (unpaired) electrons. The lowest BCUT2D eigenvalue weighted by Gasteiger charge is -2.07. The smallest absolute Gasteiger partial charge is 0.293 e. The fourth-order valence-corrected chi connectivity index (χ4v) is 2.97. The van der Waals surface area contributed by atoms with Gasteiger partial charge in [-0.3, -0.25) is 4.79 Å². The van der Waals surface area contributed by atoms with E-state index in [4.69, 9.17) is 0 Å². The zero-order valence-corrected chi connectivity index (χ0v) is 14.8. The van der Waals surface area contributed by atoms with Crippen LogP contribution in [0, 0.1) is 5.95 Å². The highest BCUT2D eigenvalue weighted by Crippen LogP contribution is 2.25. The maximum Gasteiger partial charge on any atom is 0.293 e. The molecule has 0 aliphatic carbocycles. The number of benzene rings is 1. The Labute approximate surface area is 162 Å². The van der Waals surface area contributed by atoms with Crippen molar-refractivity contribution in [2.45, 2.75) is 0 Å². The second-order valence-electron chi connectivity index (χ2n) is 6.16. The third-order valence-corrected chi connectivity index (χ3v) is 4.29. The zero-order chi connectivity index (χ0) is 19.8. The van der Waals surface area contributed by atoms with Gasteiger partial charge in [0, 0.05) is 29.4 Å². The van der Waals surface area contributed by atoms with Gasteiger partial charge in [0.2, 0.25) is 11.9 Å². The number of hydrogen-bond acceptors (Lipinski definition) is 7. The van der Waals surface area contributed by atoms with Gasteiger partial charge in [0.25, 0.3) is 5.56 Å². The molecule has 5 rings (SSSR count). The van der Waals surface area contributed by atoms with E-state index in [0.29, 0.717) is 22.6 Å². The number of nitrogens with zero attached hydrogens (tertiary/aromatic N) is 6. The van der Waals surface area contributed by atoms with Gasteiger partial charge in [-0.15, -0.1) is 5.10 Å². The Morgan fingerprint density at radius 3 is 2.69 bits per heavy atom. The molecule has 8 nitrogen and oxygen atoms in total. The van der Waals surface area contributed by atoms with Crippen LogP contribution in [0.1, 0.15) is 0 Å². The van der Waals surface area contributed by atoms with E-state index in [1.165, 1.54) is 23.0 Å². The molecule has 1 aromatic carbocycles. The summed E-state index contributed by atoms with van der Waals surface area (Å²) in [7, 11) is 0. The summed E-state index contributed by atoms with van der Waals surface area (Å²) in [5, 5.41) is 8.24. The summed E-state index contributed by atoms with van der Waals surface area (Å²) in [6.45, 7) is 0. The van der Waals surface area contributed by atoms with Crippen LogP contribution in [0.5, 0.6) is 0 Å². The topological polar surface area (TPSA) is 98.0 Å². The van der Waals surface area contributed by atoms with E-state index in [1.54, 1.807) is 24.3 Å². The van der Waals surface area contributed by atoms with Crippen molar-refractivity contribution < 1.29 is 4.39 Å². The second-order valence-corrected chi connectivity index (χ2v) is 6.16. The van der Waals surface area contributed by atoms with Gasteiger partial charge in [0.05, 0.1) is 5.52 Å². The van der Waals surface area contributed by atoms with Gasteiger partial charge in [-0.1, -0.05) is 18.2 Å². The molecule has 0 spiro atoms. The van der Waals surface area contributed by atoms with E-state index < -0.39 is 11.5 Å². The minimum Gasteiger partial charge on any atom is -0.319 e. The van der Waals surface area contributed by atoms with E-state index in [9.17, 15) is 9.18 Å². The first-order chi connectivity index (χ1) is 14.2. The van der Waals surface area contributed by atoms with Gasteiger partial charge in [-0.25, -0.2) is 19.9 Å². The Hall–Kier alpha value is -4.27. The summed E-state index contributed by atoms with van der Waals surface area (Å²) in [4.78, 5) is 28.7. The molecule has 5 aromatic rings. The van der Waals surface area contributed by atoms with Crippen molar-refractivity contribution in [1.82, 2.24) is 29.5 Å². The summed E-state index contributed by atoms with van der Waals surface area (Å²) < 4.78 is 15.1. The summed E-state index contributed by atoms with van der Waals surface area (Å²) >= 11 is 0. The molecule has 0 unspecified atom stereocenters. The molecular weight excluding hydrogens is 373 g/mol. The van der Waals surface area contributed by atoms with Crippen LogP contribution < -0.4 is 10.9 Å². The lowest BCUT2D eigenvalue weighted by molar-refractivity contribution is 0.584. The standard InChI is InChI=1S/C20H12FN7O/c21-16-11-12(8-10-22-16)17-26-18-13-5-1-2-6-14(13)24-20(28(18)27-17)25-15-7-3-4-9-23-19(15)29/h1-11H,(H,23,24,25,29). The molecule has 0 aliphatic heterocycles. The molecule has 29 heavy (non-hydrogen) atoms. The van der Waals surface area contributed by atoms with Crippen LogP contribution in [0.2, 0.25) is 0 Å². The molecule has 4 heterocycles. The number of halogens is 1. The highest BCUT2D eigenvalue weighted by atomic mass is 19.1. The minimum absolute atomic E-state index is 0.242. The van der Waals surface area contributed by atoms with Crippen LogP contribution in [0.4, 0.5) is 16.0 Å². The molecule has 0 bridgehead atoms. The van der Waals surface area contributed by atoms with Gasteiger partial charge >= 0.3 is 0 Å². The third-order valence-electron chi connectivity index (χ3n) is 4.29. The number of anilines is 2. The fourth-order valence-electron chi connectivity index (χ4n) is 2.97. The Morgan fingerprint density at radius 2 is 1.79 bits per heavy atom. The van der Waals surface area contributed by atoms with Gasteiger partial charge in [0.1, 0.15) is 5.69 Å². The van der Waals surface area contributed by atoms with Gasteiger partial charge < -0.3 is 5.32 Å². The quantitative estimate of drug-likeness (QED) is 0.477.